The fraction of sp³-hybridized carbons (Fsp3) is 0.500. The Hall–Kier alpha value is -1.38. The van der Waals surface area contributed by atoms with Crippen LogP contribution in [0.3, 0.4) is 0 Å². The summed E-state index contributed by atoms with van der Waals surface area (Å²) in [6.45, 7) is 0. The SMILES string of the molecule is Fc1c(C/C=C/C2CC2)ccc(OC2CCC2)c1F. The molecule has 0 aliphatic heterocycles. The lowest BCUT2D eigenvalue weighted by molar-refractivity contribution is 0.114. The predicted molar refractivity (Wildman–Crippen MR) is 70.2 cm³/mol. The first-order chi connectivity index (χ1) is 9.24. The standard InChI is InChI=1S/C16H18F2O/c17-15-12(4-1-3-11-7-8-11)9-10-14(16(15)18)19-13-5-2-6-13/h1,3,9-11,13H,2,4-8H2/b3-1+. The van der Waals surface area contributed by atoms with Crippen LogP contribution in [-0.2, 0) is 6.42 Å². The molecule has 102 valence electrons. The second-order valence-corrected chi connectivity index (χ2v) is 5.49. The molecule has 0 spiro atoms. The van der Waals surface area contributed by atoms with Gasteiger partial charge in [0.25, 0.3) is 0 Å². The summed E-state index contributed by atoms with van der Waals surface area (Å²) in [5.41, 5.74) is 0.398. The minimum absolute atomic E-state index is 0.0529. The van der Waals surface area contributed by atoms with Crippen LogP contribution in [0.5, 0.6) is 5.75 Å². The van der Waals surface area contributed by atoms with Crippen molar-refractivity contribution in [2.45, 2.75) is 44.6 Å². The number of rotatable bonds is 5. The highest BCUT2D eigenvalue weighted by Gasteiger charge is 2.22. The Morgan fingerprint density at radius 3 is 2.53 bits per heavy atom. The average Bonchev–Trinajstić information content (AvgIpc) is 3.15. The van der Waals surface area contributed by atoms with Crippen LogP contribution < -0.4 is 4.74 Å². The highest BCUT2D eigenvalue weighted by molar-refractivity contribution is 5.32. The van der Waals surface area contributed by atoms with Gasteiger partial charge >= 0.3 is 0 Å². The Balaban J connectivity index is 1.68. The molecule has 1 nitrogen and oxygen atoms in total. The van der Waals surface area contributed by atoms with Crippen molar-refractivity contribution in [1.82, 2.24) is 0 Å². The summed E-state index contributed by atoms with van der Waals surface area (Å²) < 4.78 is 33.2. The summed E-state index contributed by atoms with van der Waals surface area (Å²) in [4.78, 5) is 0. The summed E-state index contributed by atoms with van der Waals surface area (Å²) >= 11 is 0. The second-order valence-electron chi connectivity index (χ2n) is 5.49. The van der Waals surface area contributed by atoms with Gasteiger partial charge in [-0.3, -0.25) is 0 Å². The first-order valence-electron chi connectivity index (χ1n) is 7.04. The van der Waals surface area contributed by atoms with E-state index < -0.39 is 11.6 Å². The Morgan fingerprint density at radius 1 is 1.11 bits per heavy atom. The molecule has 0 amide bonds. The molecular weight excluding hydrogens is 246 g/mol. The van der Waals surface area contributed by atoms with E-state index in [0.717, 1.165) is 19.3 Å². The van der Waals surface area contributed by atoms with Crippen LogP contribution in [0.1, 0.15) is 37.7 Å². The van der Waals surface area contributed by atoms with Gasteiger partial charge < -0.3 is 4.74 Å². The van der Waals surface area contributed by atoms with Gasteiger partial charge in [-0.15, -0.1) is 0 Å². The fourth-order valence-electron chi connectivity index (χ4n) is 2.16. The zero-order chi connectivity index (χ0) is 13.2. The van der Waals surface area contributed by atoms with E-state index in [4.69, 9.17) is 4.74 Å². The molecule has 0 unspecified atom stereocenters. The third-order valence-corrected chi connectivity index (χ3v) is 3.84. The van der Waals surface area contributed by atoms with Crippen LogP contribution in [0.2, 0.25) is 0 Å². The Morgan fingerprint density at radius 2 is 1.89 bits per heavy atom. The molecule has 0 heterocycles. The van der Waals surface area contributed by atoms with Crippen LogP contribution >= 0.6 is 0 Å². The molecule has 0 aromatic heterocycles. The minimum atomic E-state index is -0.843. The van der Waals surface area contributed by atoms with Crippen LogP contribution in [0.4, 0.5) is 8.78 Å². The van der Waals surface area contributed by atoms with Crippen molar-refractivity contribution in [1.29, 1.82) is 0 Å². The predicted octanol–water partition coefficient (Wildman–Crippen LogP) is 4.40. The summed E-state index contributed by atoms with van der Waals surface area (Å²) in [5, 5.41) is 0. The Kier molecular flexibility index (Phi) is 3.54. The van der Waals surface area contributed by atoms with E-state index in [1.54, 1.807) is 12.1 Å². The molecule has 0 radical (unpaired) electrons. The molecule has 2 aliphatic rings. The zero-order valence-corrected chi connectivity index (χ0v) is 10.9. The molecule has 1 aromatic carbocycles. The molecule has 2 saturated carbocycles. The van der Waals surface area contributed by atoms with Crippen molar-refractivity contribution in [3.8, 4) is 5.75 Å². The lowest BCUT2D eigenvalue weighted by Gasteiger charge is -2.26. The molecular formula is C16H18F2O. The van der Waals surface area contributed by atoms with E-state index in [1.165, 1.54) is 12.8 Å². The van der Waals surface area contributed by atoms with Gasteiger partial charge in [0, 0.05) is 0 Å². The first-order valence-corrected chi connectivity index (χ1v) is 7.04. The van der Waals surface area contributed by atoms with Crippen LogP contribution in [0, 0.1) is 17.6 Å². The molecule has 3 rings (SSSR count). The molecule has 0 bridgehead atoms. The highest BCUT2D eigenvalue weighted by atomic mass is 19.2. The number of halogens is 2. The second kappa shape index (κ2) is 5.32. The van der Waals surface area contributed by atoms with E-state index in [0.29, 0.717) is 17.9 Å². The average molecular weight is 264 g/mol. The van der Waals surface area contributed by atoms with E-state index in [2.05, 4.69) is 6.08 Å². The third kappa shape index (κ3) is 2.96. The normalized spacial score (nSPS) is 19.7. The molecule has 0 N–H and O–H groups in total. The van der Waals surface area contributed by atoms with Gasteiger partial charge in [0.15, 0.2) is 11.6 Å². The smallest absolute Gasteiger partial charge is 0.200 e. The Labute approximate surface area is 112 Å². The van der Waals surface area contributed by atoms with Gasteiger partial charge in [0.1, 0.15) is 0 Å². The maximum atomic E-state index is 13.9. The number of benzene rings is 1. The lowest BCUT2D eigenvalue weighted by atomic mass is 9.96. The lowest BCUT2D eigenvalue weighted by Crippen LogP contribution is -2.25. The van der Waals surface area contributed by atoms with E-state index in [1.807, 2.05) is 6.08 Å². The topological polar surface area (TPSA) is 9.23 Å². The van der Waals surface area contributed by atoms with Gasteiger partial charge in [0.2, 0.25) is 5.82 Å². The monoisotopic (exact) mass is 264 g/mol. The number of hydrogen-bond acceptors (Lipinski definition) is 1. The van der Waals surface area contributed by atoms with Gasteiger partial charge in [-0.25, -0.2) is 4.39 Å². The quantitative estimate of drug-likeness (QED) is 0.716. The minimum Gasteiger partial charge on any atom is -0.487 e. The van der Waals surface area contributed by atoms with Gasteiger partial charge in [-0.05, 0) is 56.1 Å². The summed E-state index contributed by atoms with van der Waals surface area (Å²) in [5.74, 6) is -0.896. The van der Waals surface area contributed by atoms with E-state index >= 15 is 0 Å². The van der Waals surface area contributed by atoms with Crippen LogP contribution in [-0.4, -0.2) is 6.10 Å². The third-order valence-electron chi connectivity index (χ3n) is 3.84. The fourth-order valence-corrected chi connectivity index (χ4v) is 2.16. The zero-order valence-electron chi connectivity index (χ0n) is 10.9. The number of ether oxygens (including phenoxy) is 1. The molecule has 19 heavy (non-hydrogen) atoms. The Bertz CT molecular complexity index is 488. The van der Waals surface area contributed by atoms with E-state index in [-0.39, 0.29) is 11.9 Å². The van der Waals surface area contributed by atoms with Crippen molar-refractivity contribution >= 4 is 0 Å². The summed E-state index contributed by atoms with van der Waals surface area (Å²) in [6.07, 6.45) is 9.97. The summed E-state index contributed by atoms with van der Waals surface area (Å²) in [6, 6.07) is 3.18. The number of allylic oxidation sites excluding steroid dienone is 2. The van der Waals surface area contributed by atoms with Crippen molar-refractivity contribution in [2.24, 2.45) is 5.92 Å². The van der Waals surface area contributed by atoms with Crippen molar-refractivity contribution in [3.05, 3.63) is 41.5 Å². The molecule has 3 heteroatoms. The molecule has 2 fully saturated rings. The van der Waals surface area contributed by atoms with Crippen LogP contribution in [0.15, 0.2) is 24.3 Å². The highest BCUT2D eigenvalue weighted by Crippen LogP contribution is 2.31. The maximum Gasteiger partial charge on any atom is 0.200 e. The van der Waals surface area contributed by atoms with Crippen molar-refractivity contribution < 1.29 is 13.5 Å². The molecule has 0 saturated heterocycles. The molecule has 0 atom stereocenters. The van der Waals surface area contributed by atoms with Gasteiger partial charge in [0.05, 0.1) is 6.10 Å². The van der Waals surface area contributed by atoms with Crippen LogP contribution in [0.25, 0.3) is 0 Å². The maximum absolute atomic E-state index is 13.9. The first kappa shape index (κ1) is 12.6. The summed E-state index contributed by atoms with van der Waals surface area (Å²) in [7, 11) is 0. The number of hydrogen-bond donors (Lipinski definition) is 0. The van der Waals surface area contributed by atoms with Crippen molar-refractivity contribution in [2.75, 3.05) is 0 Å². The largest absolute Gasteiger partial charge is 0.487 e. The molecule has 1 aromatic rings. The van der Waals surface area contributed by atoms with Crippen molar-refractivity contribution in [3.63, 3.8) is 0 Å². The van der Waals surface area contributed by atoms with Gasteiger partial charge in [-0.2, -0.15) is 4.39 Å². The van der Waals surface area contributed by atoms with Gasteiger partial charge in [-0.1, -0.05) is 18.2 Å². The van der Waals surface area contributed by atoms with E-state index in [9.17, 15) is 8.78 Å². The molecule has 2 aliphatic carbocycles.